The topological polar surface area (TPSA) is 81.7 Å². The third-order valence-corrected chi connectivity index (χ3v) is 4.58. The largest absolute Gasteiger partial charge is 0.390 e. The molecular formula is C12H19ClFN3O3S. The van der Waals surface area contributed by atoms with E-state index in [0.717, 1.165) is 6.07 Å². The molecule has 1 unspecified atom stereocenters. The molecule has 0 amide bonds. The maximum absolute atomic E-state index is 14.0. The molecule has 0 spiro atoms. The lowest BCUT2D eigenvalue weighted by atomic mass is 10.2. The van der Waals surface area contributed by atoms with E-state index in [-0.39, 0.29) is 12.4 Å². The number of anilines is 2. The van der Waals surface area contributed by atoms with E-state index in [2.05, 4.69) is 10.0 Å². The van der Waals surface area contributed by atoms with Crippen LogP contribution in [0.1, 0.15) is 0 Å². The Morgan fingerprint density at radius 3 is 2.52 bits per heavy atom. The van der Waals surface area contributed by atoms with Gasteiger partial charge in [0.1, 0.15) is 10.7 Å². The van der Waals surface area contributed by atoms with Crippen LogP contribution in [0.5, 0.6) is 0 Å². The number of hydrogen-bond acceptors (Lipinski definition) is 5. The molecule has 3 N–H and O–H groups in total. The number of aliphatic hydroxyl groups is 1. The first-order valence-corrected chi connectivity index (χ1v) is 8.17. The molecule has 0 aliphatic carbocycles. The van der Waals surface area contributed by atoms with Gasteiger partial charge in [-0.05, 0) is 13.1 Å². The van der Waals surface area contributed by atoms with E-state index in [9.17, 15) is 17.9 Å². The van der Waals surface area contributed by atoms with Gasteiger partial charge in [-0.25, -0.2) is 17.5 Å². The second kappa shape index (κ2) is 7.26. The van der Waals surface area contributed by atoms with Gasteiger partial charge in [-0.3, -0.25) is 0 Å². The smallest absolute Gasteiger partial charge is 0.243 e. The molecule has 0 radical (unpaired) electrons. The Morgan fingerprint density at radius 2 is 2.05 bits per heavy atom. The lowest BCUT2D eigenvalue weighted by Gasteiger charge is -2.21. The number of alkyl halides is 1. The molecule has 9 heteroatoms. The van der Waals surface area contributed by atoms with Gasteiger partial charge >= 0.3 is 0 Å². The number of nitrogens with zero attached hydrogens (tertiary/aromatic N) is 1. The summed E-state index contributed by atoms with van der Waals surface area (Å²) in [6, 6.07) is 2.32. The van der Waals surface area contributed by atoms with Gasteiger partial charge in [-0.1, -0.05) is 0 Å². The number of benzene rings is 1. The summed E-state index contributed by atoms with van der Waals surface area (Å²) >= 11 is 5.51. The third kappa shape index (κ3) is 4.44. The van der Waals surface area contributed by atoms with E-state index in [1.54, 1.807) is 19.0 Å². The zero-order chi connectivity index (χ0) is 16.2. The molecule has 1 atom stereocenters. The summed E-state index contributed by atoms with van der Waals surface area (Å²) < 4.78 is 39.6. The fraction of sp³-hybridized carbons (Fsp3) is 0.500. The molecule has 1 rings (SSSR count). The van der Waals surface area contributed by atoms with Crippen molar-refractivity contribution >= 4 is 33.0 Å². The molecule has 1 aromatic carbocycles. The molecule has 0 saturated heterocycles. The minimum Gasteiger partial charge on any atom is -0.390 e. The highest BCUT2D eigenvalue weighted by Gasteiger charge is 2.21. The van der Waals surface area contributed by atoms with Gasteiger partial charge in [0.05, 0.1) is 23.4 Å². The minimum absolute atomic E-state index is 0.0349. The van der Waals surface area contributed by atoms with Crippen molar-refractivity contribution in [3.63, 3.8) is 0 Å². The molecule has 1 aromatic rings. The molecule has 0 fully saturated rings. The first-order chi connectivity index (χ1) is 9.72. The fourth-order valence-corrected chi connectivity index (χ4v) is 2.57. The van der Waals surface area contributed by atoms with Crippen molar-refractivity contribution in [2.24, 2.45) is 0 Å². The van der Waals surface area contributed by atoms with Crippen molar-refractivity contribution in [1.29, 1.82) is 0 Å². The maximum atomic E-state index is 14.0. The Kier molecular flexibility index (Phi) is 6.21. The van der Waals surface area contributed by atoms with Crippen LogP contribution < -0.4 is 14.9 Å². The predicted molar refractivity (Wildman–Crippen MR) is 82.2 cm³/mol. The number of hydrogen-bond donors (Lipinski definition) is 3. The zero-order valence-electron chi connectivity index (χ0n) is 12.0. The summed E-state index contributed by atoms with van der Waals surface area (Å²) in [5.41, 5.74) is 0.851. The van der Waals surface area contributed by atoms with Crippen molar-refractivity contribution < 1.29 is 17.9 Å². The highest BCUT2D eigenvalue weighted by molar-refractivity contribution is 7.89. The Balaban J connectivity index is 3.28. The molecule has 0 saturated carbocycles. The standard InChI is InChI=1S/C12H19ClFN3O3S/c1-15-21(19,20)12-5-10(16-7-8(18)6-13)11(17(2)3)4-9(12)14/h4-5,8,15-16,18H,6-7H2,1-3H3. The van der Waals surface area contributed by atoms with Gasteiger partial charge < -0.3 is 15.3 Å². The summed E-state index contributed by atoms with van der Waals surface area (Å²) in [6.45, 7) is 0.120. The van der Waals surface area contributed by atoms with Crippen molar-refractivity contribution in [3.8, 4) is 0 Å². The average molecular weight is 340 g/mol. The Bertz CT molecular complexity index is 596. The number of aliphatic hydroxyl groups excluding tert-OH is 1. The summed E-state index contributed by atoms with van der Waals surface area (Å²) in [5.74, 6) is -0.816. The third-order valence-electron chi connectivity index (χ3n) is 2.80. The van der Waals surface area contributed by atoms with Crippen LogP contribution in [0.15, 0.2) is 17.0 Å². The Hall–Kier alpha value is -1.09. The lowest BCUT2D eigenvalue weighted by molar-refractivity contribution is 0.211. The molecule has 0 heterocycles. The van der Waals surface area contributed by atoms with Gasteiger partial charge in [0, 0.05) is 26.7 Å². The van der Waals surface area contributed by atoms with Crippen LogP contribution in [0.4, 0.5) is 15.8 Å². The maximum Gasteiger partial charge on any atom is 0.243 e. The minimum atomic E-state index is -3.91. The molecule has 6 nitrogen and oxygen atoms in total. The number of sulfonamides is 1. The molecule has 21 heavy (non-hydrogen) atoms. The average Bonchev–Trinajstić information content (AvgIpc) is 2.44. The quantitative estimate of drug-likeness (QED) is 0.641. The van der Waals surface area contributed by atoms with E-state index in [1.807, 2.05) is 0 Å². The normalized spacial score (nSPS) is 13.0. The first-order valence-electron chi connectivity index (χ1n) is 6.15. The van der Waals surface area contributed by atoms with E-state index in [1.165, 1.54) is 13.1 Å². The Morgan fingerprint density at radius 1 is 1.43 bits per heavy atom. The van der Waals surface area contributed by atoms with Gasteiger partial charge in [0.15, 0.2) is 0 Å². The van der Waals surface area contributed by atoms with Crippen molar-refractivity contribution in [3.05, 3.63) is 17.9 Å². The van der Waals surface area contributed by atoms with Crippen LogP contribution in [0.3, 0.4) is 0 Å². The van der Waals surface area contributed by atoms with E-state index < -0.39 is 26.8 Å². The number of rotatable bonds is 7. The molecule has 0 aliphatic heterocycles. The SMILES string of the molecule is CNS(=O)(=O)c1cc(NCC(O)CCl)c(N(C)C)cc1F. The number of halogens is 2. The van der Waals surface area contributed by atoms with Crippen LogP contribution >= 0.6 is 11.6 Å². The molecular weight excluding hydrogens is 321 g/mol. The molecule has 0 aromatic heterocycles. The predicted octanol–water partition coefficient (Wildman–Crippen LogP) is 0.811. The molecule has 0 bridgehead atoms. The van der Waals surface area contributed by atoms with Gasteiger partial charge in [-0.15, -0.1) is 11.6 Å². The fourth-order valence-electron chi connectivity index (χ4n) is 1.65. The van der Waals surface area contributed by atoms with Crippen LogP contribution in [0.2, 0.25) is 0 Å². The molecule has 0 aliphatic rings. The van der Waals surface area contributed by atoms with E-state index >= 15 is 0 Å². The summed E-state index contributed by atoms with van der Waals surface area (Å²) in [5, 5.41) is 12.3. The van der Waals surface area contributed by atoms with Crippen molar-refractivity contribution in [2.45, 2.75) is 11.0 Å². The second-order valence-electron chi connectivity index (χ2n) is 4.59. The highest BCUT2D eigenvalue weighted by atomic mass is 35.5. The van der Waals surface area contributed by atoms with Gasteiger partial charge in [0.2, 0.25) is 10.0 Å². The zero-order valence-corrected chi connectivity index (χ0v) is 13.6. The molecule has 120 valence electrons. The van der Waals surface area contributed by atoms with Crippen molar-refractivity contribution in [1.82, 2.24) is 4.72 Å². The van der Waals surface area contributed by atoms with Crippen LogP contribution in [0, 0.1) is 5.82 Å². The summed E-state index contributed by atoms with van der Waals surface area (Å²) in [7, 11) is 0.694. The van der Waals surface area contributed by atoms with E-state index in [0.29, 0.717) is 11.4 Å². The van der Waals surface area contributed by atoms with E-state index in [4.69, 9.17) is 11.6 Å². The van der Waals surface area contributed by atoms with Gasteiger partial charge in [-0.2, -0.15) is 0 Å². The summed E-state index contributed by atoms with van der Waals surface area (Å²) in [4.78, 5) is 1.17. The van der Waals surface area contributed by atoms with Crippen molar-refractivity contribution in [2.75, 3.05) is 43.8 Å². The lowest BCUT2D eigenvalue weighted by Crippen LogP contribution is -2.24. The van der Waals surface area contributed by atoms with Crippen LogP contribution in [-0.4, -0.2) is 53.2 Å². The number of nitrogens with one attached hydrogen (secondary N) is 2. The Labute approximate surface area is 129 Å². The second-order valence-corrected chi connectivity index (χ2v) is 6.75. The van der Waals surface area contributed by atoms with Crippen LogP contribution in [0.25, 0.3) is 0 Å². The monoisotopic (exact) mass is 339 g/mol. The summed E-state index contributed by atoms with van der Waals surface area (Å²) in [6.07, 6.45) is -0.795. The first kappa shape index (κ1) is 18.0. The highest BCUT2D eigenvalue weighted by Crippen LogP contribution is 2.30. The van der Waals surface area contributed by atoms with Crippen LogP contribution in [-0.2, 0) is 10.0 Å². The van der Waals surface area contributed by atoms with Gasteiger partial charge in [0.25, 0.3) is 0 Å².